The van der Waals surface area contributed by atoms with Crippen LogP contribution in [0.5, 0.6) is 0 Å². The van der Waals surface area contributed by atoms with Crippen LogP contribution in [0.2, 0.25) is 0 Å². The fourth-order valence-corrected chi connectivity index (χ4v) is 2.50. The van der Waals surface area contributed by atoms with E-state index in [-0.39, 0.29) is 15.7 Å². The van der Waals surface area contributed by atoms with Crippen LogP contribution < -0.4 is 11.1 Å². The number of benzene rings is 2. The van der Waals surface area contributed by atoms with E-state index in [9.17, 15) is 9.18 Å². The van der Waals surface area contributed by atoms with Crippen LogP contribution in [-0.4, -0.2) is 5.91 Å². The molecule has 21 heavy (non-hydrogen) atoms. The van der Waals surface area contributed by atoms with Gasteiger partial charge in [0.15, 0.2) is 0 Å². The molecule has 0 atom stereocenters. The number of rotatable bonds is 2. The van der Waals surface area contributed by atoms with Crippen molar-refractivity contribution in [1.29, 1.82) is 5.26 Å². The molecule has 1 amide bonds. The summed E-state index contributed by atoms with van der Waals surface area (Å²) >= 11 is 6.38. The molecule has 0 unspecified atom stereocenters. The molecule has 0 aliphatic carbocycles. The third-order valence-corrected chi connectivity index (χ3v) is 3.83. The molecule has 3 N–H and O–H groups in total. The highest BCUT2D eigenvalue weighted by Crippen LogP contribution is 2.26. The lowest BCUT2D eigenvalue weighted by Crippen LogP contribution is -2.14. The number of nitrogen functional groups attached to an aromatic ring is 1. The second-order valence-corrected chi connectivity index (χ2v) is 5.88. The first-order valence-electron chi connectivity index (χ1n) is 5.68. The van der Waals surface area contributed by atoms with Gasteiger partial charge in [0.05, 0.1) is 22.5 Å². The van der Waals surface area contributed by atoms with Gasteiger partial charge in [-0.1, -0.05) is 15.9 Å². The standard InChI is InChI=1S/C14H8Br2FN3O/c15-8-2-1-7(6-18)13(3-8)20-14(21)9-4-12(19)11(17)5-10(9)16/h1-5H,19H2,(H,20,21). The number of hydrogen-bond donors (Lipinski definition) is 2. The molecule has 4 nitrogen and oxygen atoms in total. The number of halogens is 3. The fraction of sp³-hybridized carbons (Fsp3) is 0. The van der Waals surface area contributed by atoms with Crippen LogP contribution in [0.15, 0.2) is 39.3 Å². The maximum atomic E-state index is 13.3. The Morgan fingerprint density at radius 3 is 2.67 bits per heavy atom. The smallest absolute Gasteiger partial charge is 0.256 e. The summed E-state index contributed by atoms with van der Waals surface area (Å²) in [6.45, 7) is 0. The summed E-state index contributed by atoms with van der Waals surface area (Å²) in [6.07, 6.45) is 0. The summed E-state index contributed by atoms with van der Waals surface area (Å²) in [6, 6.07) is 9.22. The van der Waals surface area contributed by atoms with Crippen molar-refractivity contribution < 1.29 is 9.18 Å². The van der Waals surface area contributed by atoms with E-state index in [2.05, 4.69) is 37.2 Å². The molecular weight excluding hydrogens is 405 g/mol. The number of nitriles is 1. The van der Waals surface area contributed by atoms with Crippen molar-refractivity contribution in [2.24, 2.45) is 0 Å². The number of anilines is 2. The predicted octanol–water partition coefficient (Wildman–Crippen LogP) is 4.06. The van der Waals surface area contributed by atoms with Gasteiger partial charge < -0.3 is 11.1 Å². The number of nitrogens with one attached hydrogen (secondary N) is 1. The SMILES string of the molecule is N#Cc1ccc(Br)cc1NC(=O)c1cc(N)c(F)cc1Br. The Bertz CT molecular complexity index is 772. The van der Waals surface area contributed by atoms with Gasteiger partial charge in [-0.15, -0.1) is 0 Å². The maximum absolute atomic E-state index is 13.3. The van der Waals surface area contributed by atoms with Crippen molar-refractivity contribution in [3.63, 3.8) is 0 Å². The molecule has 2 rings (SSSR count). The molecule has 0 fully saturated rings. The zero-order chi connectivity index (χ0) is 15.6. The van der Waals surface area contributed by atoms with Gasteiger partial charge in [-0.05, 0) is 46.3 Å². The van der Waals surface area contributed by atoms with Crippen LogP contribution in [0.25, 0.3) is 0 Å². The van der Waals surface area contributed by atoms with Crippen LogP contribution in [0, 0.1) is 17.1 Å². The molecule has 2 aromatic carbocycles. The molecule has 0 aliphatic heterocycles. The summed E-state index contributed by atoms with van der Waals surface area (Å²) in [5.74, 6) is -1.11. The summed E-state index contributed by atoms with van der Waals surface area (Å²) in [5.41, 5.74) is 6.19. The molecule has 0 heterocycles. The molecule has 7 heteroatoms. The number of nitrogens with two attached hydrogens (primary N) is 1. The second-order valence-electron chi connectivity index (χ2n) is 4.11. The molecule has 0 radical (unpaired) electrons. The highest BCUT2D eigenvalue weighted by molar-refractivity contribution is 9.10. The number of hydrogen-bond acceptors (Lipinski definition) is 3. The van der Waals surface area contributed by atoms with Crippen molar-refractivity contribution in [1.82, 2.24) is 0 Å². The van der Waals surface area contributed by atoms with Crippen molar-refractivity contribution >= 4 is 49.1 Å². The highest BCUT2D eigenvalue weighted by atomic mass is 79.9. The normalized spacial score (nSPS) is 10.0. The molecule has 0 bridgehead atoms. The van der Waals surface area contributed by atoms with Crippen molar-refractivity contribution in [3.05, 3.63) is 56.2 Å². The minimum Gasteiger partial charge on any atom is -0.396 e. The third-order valence-electron chi connectivity index (χ3n) is 2.68. The molecule has 2 aromatic rings. The van der Waals surface area contributed by atoms with Gasteiger partial charge in [0.1, 0.15) is 11.9 Å². The van der Waals surface area contributed by atoms with E-state index in [1.54, 1.807) is 18.2 Å². The van der Waals surface area contributed by atoms with Gasteiger partial charge in [0.2, 0.25) is 0 Å². The van der Waals surface area contributed by atoms with Crippen molar-refractivity contribution in [2.45, 2.75) is 0 Å². The Morgan fingerprint density at radius 2 is 2.00 bits per heavy atom. The summed E-state index contributed by atoms with van der Waals surface area (Å²) < 4.78 is 14.3. The van der Waals surface area contributed by atoms with E-state index < -0.39 is 11.7 Å². The molecular formula is C14H8Br2FN3O. The van der Waals surface area contributed by atoms with Crippen LogP contribution in [0.1, 0.15) is 15.9 Å². The quantitative estimate of drug-likeness (QED) is 0.730. The average molecular weight is 413 g/mol. The van der Waals surface area contributed by atoms with Gasteiger partial charge in [0, 0.05) is 8.95 Å². The molecule has 106 valence electrons. The van der Waals surface area contributed by atoms with Crippen LogP contribution in [-0.2, 0) is 0 Å². The van der Waals surface area contributed by atoms with Gasteiger partial charge in [-0.3, -0.25) is 4.79 Å². The van der Waals surface area contributed by atoms with Crippen LogP contribution in [0.4, 0.5) is 15.8 Å². The zero-order valence-corrected chi connectivity index (χ0v) is 13.6. The van der Waals surface area contributed by atoms with E-state index in [0.29, 0.717) is 11.3 Å². The second kappa shape index (κ2) is 6.24. The summed E-state index contributed by atoms with van der Waals surface area (Å²) in [4.78, 5) is 12.2. The van der Waals surface area contributed by atoms with E-state index in [1.165, 1.54) is 6.07 Å². The maximum Gasteiger partial charge on any atom is 0.256 e. The zero-order valence-electron chi connectivity index (χ0n) is 10.5. The lowest BCUT2D eigenvalue weighted by Gasteiger charge is -2.10. The largest absolute Gasteiger partial charge is 0.396 e. The Kier molecular flexibility index (Phi) is 4.60. The van der Waals surface area contributed by atoms with Crippen molar-refractivity contribution in [2.75, 3.05) is 11.1 Å². The Balaban J connectivity index is 2.37. The van der Waals surface area contributed by atoms with Gasteiger partial charge >= 0.3 is 0 Å². The van der Waals surface area contributed by atoms with Gasteiger partial charge in [-0.2, -0.15) is 5.26 Å². The number of carbonyl (C=O) groups excluding carboxylic acids is 1. The lowest BCUT2D eigenvalue weighted by atomic mass is 10.1. The van der Waals surface area contributed by atoms with E-state index >= 15 is 0 Å². The predicted molar refractivity (Wildman–Crippen MR) is 85.3 cm³/mol. The van der Waals surface area contributed by atoms with E-state index in [1.807, 2.05) is 6.07 Å². The minimum absolute atomic E-state index is 0.127. The molecule has 0 aliphatic rings. The Labute approximate surface area is 137 Å². The van der Waals surface area contributed by atoms with Crippen LogP contribution >= 0.6 is 31.9 Å². The van der Waals surface area contributed by atoms with Crippen molar-refractivity contribution in [3.8, 4) is 6.07 Å². The molecule has 0 saturated carbocycles. The Morgan fingerprint density at radius 1 is 1.29 bits per heavy atom. The lowest BCUT2D eigenvalue weighted by molar-refractivity contribution is 0.102. The first-order valence-corrected chi connectivity index (χ1v) is 7.26. The monoisotopic (exact) mass is 411 g/mol. The van der Waals surface area contributed by atoms with E-state index in [4.69, 9.17) is 11.0 Å². The topological polar surface area (TPSA) is 78.9 Å². The number of nitrogens with zero attached hydrogens (tertiary/aromatic N) is 1. The number of amides is 1. The van der Waals surface area contributed by atoms with E-state index in [0.717, 1.165) is 10.5 Å². The fourth-order valence-electron chi connectivity index (χ4n) is 1.65. The van der Waals surface area contributed by atoms with Gasteiger partial charge in [0.25, 0.3) is 5.91 Å². The first-order chi connectivity index (χ1) is 9.92. The highest BCUT2D eigenvalue weighted by Gasteiger charge is 2.15. The minimum atomic E-state index is -0.612. The number of carbonyl (C=O) groups is 1. The molecule has 0 aromatic heterocycles. The third kappa shape index (κ3) is 3.40. The molecule has 0 saturated heterocycles. The first kappa shape index (κ1) is 15.5. The summed E-state index contributed by atoms with van der Waals surface area (Å²) in [5, 5.41) is 11.6. The Hall–Kier alpha value is -1.91. The summed E-state index contributed by atoms with van der Waals surface area (Å²) in [7, 11) is 0. The van der Waals surface area contributed by atoms with Gasteiger partial charge in [-0.25, -0.2) is 4.39 Å². The molecule has 0 spiro atoms. The van der Waals surface area contributed by atoms with Crippen LogP contribution in [0.3, 0.4) is 0 Å². The average Bonchev–Trinajstić information content (AvgIpc) is 2.43.